The van der Waals surface area contributed by atoms with Gasteiger partial charge in [-0.1, -0.05) is 26.0 Å². The Hall–Kier alpha value is -3.01. The molecule has 0 aromatic heterocycles. The van der Waals surface area contributed by atoms with Crippen LogP contribution in [-0.4, -0.2) is 32.5 Å². The lowest BCUT2D eigenvalue weighted by Crippen LogP contribution is -2.47. The average Bonchev–Trinajstić information content (AvgIpc) is 2.61. The van der Waals surface area contributed by atoms with Crippen LogP contribution in [0.5, 0.6) is 0 Å². The van der Waals surface area contributed by atoms with Crippen LogP contribution in [0.25, 0.3) is 0 Å². The molecule has 0 saturated heterocycles. The average molecular weight is 425 g/mol. The number of amides is 2. The molecule has 0 aliphatic carbocycles. The lowest BCUT2D eigenvalue weighted by molar-refractivity contribution is -0.118. The highest BCUT2D eigenvalue weighted by atomic mass is 32.2. The summed E-state index contributed by atoms with van der Waals surface area (Å²) in [5, 5.41) is 4.98. The summed E-state index contributed by atoms with van der Waals surface area (Å²) in [7, 11) is -3.72. The summed E-state index contributed by atoms with van der Waals surface area (Å²) < 4.78 is 52.3. The number of carbonyl (C=O) groups is 2. The molecule has 7 nitrogen and oxygen atoms in total. The lowest BCUT2D eigenvalue weighted by atomic mass is 10.0. The highest BCUT2D eigenvalue weighted by Crippen LogP contribution is 2.21. The van der Waals surface area contributed by atoms with Gasteiger partial charge in [0.2, 0.25) is 15.9 Å². The lowest BCUT2D eigenvalue weighted by Gasteiger charge is -2.22. The molecule has 0 aliphatic rings. The minimum Gasteiger partial charge on any atom is -0.340 e. The fourth-order valence-corrected chi connectivity index (χ4v) is 3.06. The number of rotatable bonds is 7. The van der Waals surface area contributed by atoms with Crippen LogP contribution in [0.1, 0.15) is 24.2 Å². The molecule has 2 rings (SSSR count). The number of halogens is 2. The van der Waals surface area contributed by atoms with E-state index >= 15 is 0 Å². The van der Waals surface area contributed by atoms with Crippen molar-refractivity contribution in [3.05, 3.63) is 59.7 Å². The van der Waals surface area contributed by atoms with Crippen molar-refractivity contribution in [1.82, 2.24) is 5.32 Å². The summed E-state index contributed by atoms with van der Waals surface area (Å²) in [6.45, 7) is 3.38. The molecule has 1 atom stereocenters. The summed E-state index contributed by atoms with van der Waals surface area (Å²) in [5.41, 5.74) is -0.414. The third-order valence-electron chi connectivity index (χ3n) is 3.88. The smallest absolute Gasteiger partial charge is 0.254 e. The highest BCUT2D eigenvalue weighted by molar-refractivity contribution is 7.92. The van der Waals surface area contributed by atoms with Gasteiger partial charge in [-0.15, -0.1) is 0 Å². The summed E-state index contributed by atoms with van der Waals surface area (Å²) in [5.74, 6) is -3.26. The van der Waals surface area contributed by atoms with Crippen LogP contribution in [0.2, 0.25) is 0 Å². The number of sulfonamides is 1. The minimum absolute atomic E-state index is 0.119. The first-order chi connectivity index (χ1) is 13.5. The van der Waals surface area contributed by atoms with E-state index in [-0.39, 0.29) is 22.9 Å². The monoisotopic (exact) mass is 425 g/mol. The zero-order valence-electron chi connectivity index (χ0n) is 16.0. The molecular weight excluding hydrogens is 404 g/mol. The number of hydrogen-bond acceptors (Lipinski definition) is 4. The third kappa shape index (κ3) is 6.24. The molecule has 0 aliphatic heterocycles. The number of carbonyl (C=O) groups excluding carboxylic acids is 2. The zero-order chi connectivity index (χ0) is 21.8. The van der Waals surface area contributed by atoms with Crippen molar-refractivity contribution in [3.8, 4) is 0 Å². The van der Waals surface area contributed by atoms with Crippen molar-refractivity contribution in [3.63, 3.8) is 0 Å². The van der Waals surface area contributed by atoms with E-state index in [0.717, 1.165) is 24.5 Å². The summed E-state index contributed by atoms with van der Waals surface area (Å²) in [6.07, 6.45) is 0.866. The molecule has 2 amide bonds. The maximum absolute atomic E-state index is 13.8. The van der Waals surface area contributed by atoms with Crippen LogP contribution in [0.15, 0.2) is 42.5 Å². The molecule has 0 unspecified atom stereocenters. The molecular formula is C19H21F2N3O4S. The van der Waals surface area contributed by atoms with Gasteiger partial charge in [-0.05, 0) is 36.2 Å². The molecule has 2 aromatic rings. The first kappa shape index (κ1) is 22.3. The van der Waals surface area contributed by atoms with Crippen molar-refractivity contribution >= 4 is 33.2 Å². The van der Waals surface area contributed by atoms with Gasteiger partial charge < -0.3 is 10.6 Å². The Labute approximate surface area is 167 Å². The standard InChI is InChI=1S/C19H21F2N3O4S/c1-11(2)17(23-18(25)13-6-4-5-7-14(13)20)19(26)22-12-8-9-15(21)16(10-12)24-29(3,27)28/h4-11,17,24H,1-3H3,(H,22,26)(H,23,25)/t17-/m0/s1. The van der Waals surface area contributed by atoms with Crippen LogP contribution < -0.4 is 15.4 Å². The molecule has 0 saturated carbocycles. The van der Waals surface area contributed by atoms with Crippen molar-refractivity contribution in [2.45, 2.75) is 19.9 Å². The van der Waals surface area contributed by atoms with E-state index in [0.29, 0.717) is 0 Å². The van der Waals surface area contributed by atoms with Crippen LogP contribution in [-0.2, 0) is 14.8 Å². The summed E-state index contributed by atoms with van der Waals surface area (Å²) in [4.78, 5) is 25.0. The zero-order valence-corrected chi connectivity index (χ0v) is 16.8. The van der Waals surface area contributed by atoms with E-state index in [1.165, 1.54) is 24.3 Å². The van der Waals surface area contributed by atoms with Crippen LogP contribution in [0.3, 0.4) is 0 Å². The van der Waals surface area contributed by atoms with E-state index in [2.05, 4.69) is 10.6 Å². The molecule has 0 radical (unpaired) electrons. The second-order valence-corrected chi connectivity index (χ2v) is 8.48. The van der Waals surface area contributed by atoms with Gasteiger partial charge in [-0.3, -0.25) is 14.3 Å². The molecule has 0 bridgehead atoms. The summed E-state index contributed by atoms with van der Waals surface area (Å²) >= 11 is 0. The van der Waals surface area contributed by atoms with E-state index in [9.17, 15) is 26.8 Å². The van der Waals surface area contributed by atoms with Gasteiger partial charge in [-0.2, -0.15) is 0 Å². The Morgan fingerprint density at radius 2 is 1.66 bits per heavy atom. The van der Waals surface area contributed by atoms with Gasteiger partial charge in [0.15, 0.2) is 0 Å². The van der Waals surface area contributed by atoms with Crippen LogP contribution >= 0.6 is 0 Å². The van der Waals surface area contributed by atoms with Gasteiger partial charge in [0.05, 0.1) is 17.5 Å². The van der Waals surface area contributed by atoms with Crippen LogP contribution in [0, 0.1) is 17.6 Å². The van der Waals surface area contributed by atoms with Gasteiger partial charge >= 0.3 is 0 Å². The summed E-state index contributed by atoms with van der Waals surface area (Å²) in [6, 6.07) is 7.70. The maximum Gasteiger partial charge on any atom is 0.254 e. The van der Waals surface area contributed by atoms with E-state index in [1.54, 1.807) is 13.8 Å². The molecule has 0 heterocycles. The molecule has 156 valence electrons. The Kier molecular flexibility index (Phi) is 6.91. The maximum atomic E-state index is 13.8. The quantitative estimate of drug-likeness (QED) is 0.634. The second-order valence-electron chi connectivity index (χ2n) is 6.73. The molecule has 3 N–H and O–H groups in total. The fraction of sp³-hybridized carbons (Fsp3) is 0.263. The topological polar surface area (TPSA) is 104 Å². The SMILES string of the molecule is CC(C)[C@H](NC(=O)c1ccccc1F)C(=O)Nc1ccc(F)c(NS(C)(=O)=O)c1. The normalized spacial score (nSPS) is 12.3. The van der Waals surface area contributed by atoms with Gasteiger partial charge in [-0.25, -0.2) is 17.2 Å². The van der Waals surface area contributed by atoms with E-state index < -0.39 is 39.5 Å². The number of hydrogen-bond donors (Lipinski definition) is 3. The highest BCUT2D eigenvalue weighted by Gasteiger charge is 2.26. The predicted molar refractivity (Wildman–Crippen MR) is 106 cm³/mol. The van der Waals surface area contributed by atoms with Crippen LogP contribution in [0.4, 0.5) is 20.2 Å². The van der Waals surface area contributed by atoms with Crippen molar-refractivity contribution in [2.24, 2.45) is 5.92 Å². The molecule has 2 aromatic carbocycles. The predicted octanol–water partition coefficient (Wildman–Crippen LogP) is 2.73. The van der Waals surface area contributed by atoms with Gasteiger partial charge in [0, 0.05) is 5.69 Å². The Balaban J connectivity index is 2.19. The molecule has 10 heteroatoms. The van der Waals surface area contributed by atoms with E-state index in [4.69, 9.17) is 0 Å². The fourth-order valence-electron chi connectivity index (χ4n) is 2.50. The van der Waals surface area contributed by atoms with Gasteiger partial charge in [0.25, 0.3) is 5.91 Å². The molecule has 0 spiro atoms. The second kappa shape index (κ2) is 8.99. The first-order valence-electron chi connectivity index (χ1n) is 8.61. The van der Waals surface area contributed by atoms with Crippen molar-refractivity contribution < 1.29 is 26.8 Å². The van der Waals surface area contributed by atoms with Crippen molar-refractivity contribution in [1.29, 1.82) is 0 Å². The Morgan fingerprint density at radius 3 is 2.24 bits per heavy atom. The van der Waals surface area contributed by atoms with Crippen molar-refractivity contribution in [2.75, 3.05) is 16.3 Å². The third-order valence-corrected chi connectivity index (χ3v) is 4.47. The largest absolute Gasteiger partial charge is 0.340 e. The number of nitrogens with one attached hydrogen (secondary N) is 3. The molecule has 0 fully saturated rings. The minimum atomic E-state index is -3.72. The first-order valence-corrected chi connectivity index (χ1v) is 10.5. The number of anilines is 2. The molecule has 29 heavy (non-hydrogen) atoms. The Bertz CT molecular complexity index is 1030. The van der Waals surface area contributed by atoms with Gasteiger partial charge in [0.1, 0.15) is 17.7 Å². The van der Waals surface area contributed by atoms with E-state index in [1.807, 2.05) is 4.72 Å². The Morgan fingerprint density at radius 1 is 1.00 bits per heavy atom. The number of benzene rings is 2.